The number of benzene rings is 2. The highest BCUT2D eigenvalue weighted by Gasteiger charge is 2.33. The molecule has 1 aromatic heterocycles. The molecule has 36 heavy (non-hydrogen) atoms. The number of aromatic carboxylic acids is 1. The molecule has 0 aliphatic carbocycles. The zero-order valence-corrected chi connectivity index (χ0v) is 20.9. The molecule has 0 bridgehead atoms. The highest BCUT2D eigenvalue weighted by molar-refractivity contribution is 7.07. The molecule has 2 heterocycles. The van der Waals surface area contributed by atoms with Crippen LogP contribution >= 0.6 is 11.3 Å². The first-order valence-electron chi connectivity index (χ1n) is 11.0. The minimum atomic E-state index is -1.03. The molecule has 0 radical (unpaired) electrons. The molecule has 186 valence electrons. The van der Waals surface area contributed by atoms with Crippen molar-refractivity contribution in [1.82, 2.24) is 4.57 Å². The number of carbonyl (C=O) groups is 2. The van der Waals surface area contributed by atoms with Crippen molar-refractivity contribution in [2.24, 2.45) is 4.99 Å². The Kier molecular flexibility index (Phi) is 7.07. The van der Waals surface area contributed by atoms with Crippen molar-refractivity contribution >= 4 is 29.4 Å². The lowest BCUT2D eigenvalue weighted by molar-refractivity contribution is -0.139. The Morgan fingerprint density at radius 2 is 1.81 bits per heavy atom. The van der Waals surface area contributed by atoms with Crippen LogP contribution in [0, 0.1) is 0 Å². The van der Waals surface area contributed by atoms with Crippen molar-refractivity contribution in [2.75, 3.05) is 20.8 Å². The van der Waals surface area contributed by atoms with Gasteiger partial charge >= 0.3 is 11.9 Å². The highest BCUT2D eigenvalue weighted by atomic mass is 32.1. The van der Waals surface area contributed by atoms with Gasteiger partial charge in [0.1, 0.15) is 0 Å². The SMILES string of the molecule is CCOC(=O)C1=C(C)N=c2s/c(=C\c3ccc(C(=O)O)cc3)c(=O)n2[C@H]1c1ccc(OC)c(OC)c1. The summed E-state index contributed by atoms with van der Waals surface area (Å²) < 4.78 is 18.0. The second-order valence-corrected chi connectivity index (χ2v) is 8.85. The second-order valence-electron chi connectivity index (χ2n) is 7.84. The fourth-order valence-electron chi connectivity index (χ4n) is 4.00. The van der Waals surface area contributed by atoms with Gasteiger partial charge in [0.25, 0.3) is 5.56 Å². The summed E-state index contributed by atoms with van der Waals surface area (Å²) in [6, 6.07) is 10.6. The van der Waals surface area contributed by atoms with E-state index in [2.05, 4.69) is 4.99 Å². The minimum Gasteiger partial charge on any atom is -0.493 e. The number of methoxy groups -OCH3 is 2. The molecule has 10 heteroatoms. The first-order valence-corrected chi connectivity index (χ1v) is 11.9. The van der Waals surface area contributed by atoms with Gasteiger partial charge in [-0.2, -0.15) is 0 Å². The van der Waals surface area contributed by atoms with Gasteiger partial charge in [0.2, 0.25) is 0 Å². The van der Waals surface area contributed by atoms with Crippen LogP contribution in [0.5, 0.6) is 11.5 Å². The molecule has 0 amide bonds. The molecule has 9 nitrogen and oxygen atoms in total. The average Bonchev–Trinajstić information content (AvgIpc) is 3.17. The van der Waals surface area contributed by atoms with E-state index < -0.39 is 18.0 Å². The van der Waals surface area contributed by atoms with Gasteiger partial charge < -0.3 is 19.3 Å². The fraction of sp³-hybridized carbons (Fsp3) is 0.231. The number of carboxylic acid groups (broad SMARTS) is 1. The normalized spacial score (nSPS) is 15.2. The van der Waals surface area contributed by atoms with Crippen LogP contribution in [0.15, 0.2) is 63.5 Å². The van der Waals surface area contributed by atoms with Gasteiger partial charge in [0, 0.05) is 0 Å². The molecule has 2 aromatic carbocycles. The van der Waals surface area contributed by atoms with E-state index >= 15 is 0 Å². The lowest BCUT2D eigenvalue weighted by atomic mass is 9.95. The number of ether oxygens (including phenoxy) is 3. The second kappa shape index (κ2) is 10.2. The molecule has 4 rings (SSSR count). The predicted molar refractivity (Wildman–Crippen MR) is 133 cm³/mol. The van der Waals surface area contributed by atoms with E-state index in [0.717, 1.165) is 0 Å². The fourth-order valence-corrected chi connectivity index (χ4v) is 5.05. The zero-order valence-electron chi connectivity index (χ0n) is 20.1. The Morgan fingerprint density at radius 1 is 1.11 bits per heavy atom. The molecule has 0 saturated heterocycles. The first-order chi connectivity index (χ1) is 17.3. The molecule has 0 unspecified atom stereocenters. The number of carboxylic acids is 1. The Hall–Kier alpha value is -4.18. The van der Waals surface area contributed by atoms with Crippen LogP contribution in [0.4, 0.5) is 0 Å². The lowest BCUT2D eigenvalue weighted by Gasteiger charge is -2.25. The smallest absolute Gasteiger partial charge is 0.338 e. The topological polar surface area (TPSA) is 116 Å². The Bertz CT molecular complexity index is 1550. The Balaban J connectivity index is 1.93. The van der Waals surface area contributed by atoms with E-state index in [1.807, 2.05) is 0 Å². The van der Waals surface area contributed by atoms with Crippen molar-refractivity contribution in [3.8, 4) is 11.5 Å². The highest BCUT2D eigenvalue weighted by Crippen LogP contribution is 2.36. The first kappa shape index (κ1) is 24.9. The van der Waals surface area contributed by atoms with Crippen molar-refractivity contribution in [1.29, 1.82) is 0 Å². The molecule has 0 saturated carbocycles. The van der Waals surface area contributed by atoms with Crippen molar-refractivity contribution in [3.63, 3.8) is 0 Å². The quantitative estimate of drug-likeness (QED) is 0.488. The number of hydrogen-bond acceptors (Lipinski definition) is 8. The molecule has 1 aliphatic heterocycles. The summed E-state index contributed by atoms with van der Waals surface area (Å²) in [7, 11) is 3.04. The summed E-state index contributed by atoms with van der Waals surface area (Å²) >= 11 is 1.18. The van der Waals surface area contributed by atoms with E-state index in [1.165, 1.54) is 42.3 Å². The van der Waals surface area contributed by atoms with E-state index in [4.69, 9.17) is 19.3 Å². The molecule has 0 fully saturated rings. The largest absolute Gasteiger partial charge is 0.493 e. The maximum atomic E-state index is 13.6. The third-order valence-electron chi connectivity index (χ3n) is 5.70. The number of rotatable bonds is 7. The molecule has 0 spiro atoms. The van der Waals surface area contributed by atoms with Gasteiger partial charge in [-0.3, -0.25) is 9.36 Å². The standard InChI is InChI=1S/C26H24N2O7S/c1-5-35-25(32)21-14(2)27-26-28(22(21)17-10-11-18(33-3)19(13-17)34-4)23(29)20(36-26)12-15-6-8-16(9-7-15)24(30)31/h6-13,22H,5H2,1-4H3,(H,30,31)/b20-12-/t22-/m0/s1. The van der Waals surface area contributed by atoms with E-state index in [0.29, 0.717) is 37.7 Å². The third-order valence-corrected chi connectivity index (χ3v) is 6.68. The number of nitrogens with zero attached hydrogens (tertiary/aromatic N) is 2. The zero-order chi connectivity index (χ0) is 26.0. The van der Waals surface area contributed by atoms with Crippen molar-refractivity contribution < 1.29 is 28.9 Å². The van der Waals surface area contributed by atoms with Crippen LogP contribution in [0.25, 0.3) is 6.08 Å². The summed E-state index contributed by atoms with van der Waals surface area (Å²) in [5.74, 6) is -0.625. The summed E-state index contributed by atoms with van der Waals surface area (Å²) in [6.45, 7) is 3.59. The van der Waals surface area contributed by atoms with Crippen molar-refractivity contribution in [2.45, 2.75) is 19.9 Å². The van der Waals surface area contributed by atoms with Gasteiger partial charge in [0.15, 0.2) is 16.3 Å². The van der Waals surface area contributed by atoms with Gasteiger partial charge in [-0.15, -0.1) is 0 Å². The maximum absolute atomic E-state index is 13.6. The number of carbonyl (C=O) groups excluding carboxylic acids is 1. The number of thiazole rings is 1. The van der Waals surface area contributed by atoms with Crippen molar-refractivity contribution in [3.05, 3.63) is 90.1 Å². The Labute approximate surface area is 210 Å². The monoisotopic (exact) mass is 508 g/mol. The van der Waals surface area contributed by atoms with Crippen LogP contribution in [-0.4, -0.2) is 42.4 Å². The Morgan fingerprint density at radius 3 is 2.42 bits per heavy atom. The lowest BCUT2D eigenvalue weighted by Crippen LogP contribution is -2.39. The van der Waals surface area contributed by atoms with Crippen LogP contribution in [0.2, 0.25) is 0 Å². The van der Waals surface area contributed by atoms with E-state index in [-0.39, 0.29) is 23.3 Å². The maximum Gasteiger partial charge on any atom is 0.338 e. The van der Waals surface area contributed by atoms with Crippen LogP contribution in [0.1, 0.15) is 41.4 Å². The minimum absolute atomic E-state index is 0.150. The third kappa shape index (κ3) is 4.55. The molecule has 3 aromatic rings. The number of allylic oxidation sites excluding steroid dienone is 1. The summed E-state index contributed by atoms with van der Waals surface area (Å²) in [5.41, 5.74) is 1.81. The summed E-state index contributed by atoms with van der Waals surface area (Å²) in [4.78, 5) is 42.8. The van der Waals surface area contributed by atoms with E-state index in [1.54, 1.807) is 50.3 Å². The van der Waals surface area contributed by atoms with E-state index in [9.17, 15) is 14.4 Å². The number of hydrogen-bond donors (Lipinski definition) is 1. The van der Waals surface area contributed by atoms with Crippen LogP contribution in [-0.2, 0) is 9.53 Å². The summed E-state index contributed by atoms with van der Waals surface area (Å²) in [5, 5.41) is 9.13. The van der Waals surface area contributed by atoms with Gasteiger partial charge in [-0.25, -0.2) is 14.6 Å². The van der Waals surface area contributed by atoms with Gasteiger partial charge in [-0.05, 0) is 55.3 Å². The molecule has 1 N–H and O–H groups in total. The van der Waals surface area contributed by atoms with Crippen LogP contribution in [0.3, 0.4) is 0 Å². The van der Waals surface area contributed by atoms with Crippen LogP contribution < -0.4 is 24.4 Å². The molecular weight excluding hydrogens is 484 g/mol. The number of esters is 1. The average molecular weight is 509 g/mol. The predicted octanol–water partition coefficient (Wildman–Crippen LogP) is 2.51. The van der Waals surface area contributed by atoms with Gasteiger partial charge in [-0.1, -0.05) is 29.5 Å². The molecule has 1 atom stereocenters. The number of aromatic nitrogens is 1. The molecular formula is C26H24N2O7S. The number of fused-ring (bicyclic) bond motifs is 1. The summed E-state index contributed by atoms with van der Waals surface area (Å²) in [6.07, 6.45) is 1.67. The van der Waals surface area contributed by atoms with Gasteiger partial charge in [0.05, 0.1) is 48.2 Å². The molecule has 1 aliphatic rings.